The number of hydrogen-bond acceptors (Lipinski definition) is 3. The van der Waals surface area contributed by atoms with Crippen LogP contribution in [0.15, 0.2) is 0 Å². The minimum Gasteiger partial charge on any atom is -0.381 e. The summed E-state index contributed by atoms with van der Waals surface area (Å²) in [7, 11) is -2.11. The van der Waals surface area contributed by atoms with Crippen molar-refractivity contribution in [2.24, 2.45) is 5.92 Å². The first-order valence-corrected chi connectivity index (χ1v) is 6.10. The van der Waals surface area contributed by atoms with Crippen molar-refractivity contribution in [3.05, 3.63) is 0 Å². The second-order valence-electron chi connectivity index (χ2n) is 3.63. The summed E-state index contributed by atoms with van der Waals surface area (Å²) in [6, 6.07) is 0. The number of hydrogen-bond donors (Lipinski definition) is 1. The van der Waals surface area contributed by atoms with Crippen LogP contribution in [0.5, 0.6) is 0 Å². The Balaban J connectivity index is 2.33. The van der Waals surface area contributed by atoms with E-state index in [0.29, 0.717) is 0 Å². The first-order valence-electron chi connectivity index (χ1n) is 4.49. The third kappa shape index (κ3) is 4.06. The van der Waals surface area contributed by atoms with Crippen molar-refractivity contribution in [1.29, 1.82) is 0 Å². The van der Waals surface area contributed by atoms with Gasteiger partial charge in [0.15, 0.2) is 0 Å². The van der Waals surface area contributed by atoms with E-state index in [0.717, 1.165) is 25.7 Å². The maximum Gasteiger partial charge on any atom is 0.265 e. The zero-order valence-electron chi connectivity index (χ0n) is 7.77. The smallest absolute Gasteiger partial charge is 0.265 e. The molecule has 0 aromatic carbocycles. The lowest BCUT2D eigenvalue weighted by molar-refractivity contribution is 0.0595. The summed E-state index contributed by atoms with van der Waals surface area (Å²) in [5.41, 5.74) is 0. The summed E-state index contributed by atoms with van der Waals surface area (Å²) >= 11 is 0. The highest BCUT2D eigenvalue weighted by Crippen LogP contribution is 2.26. The highest BCUT2D eigenvalue weighted by atomic mass is 32.2. The van der Waals surface area contributed by atoms with Crippen molar-refractivity contribution in [1.82, 2.24) is 0 Å². The third-order valence-electron chi connectivity index (χ3n) is 2.57. The standard InChI is InChI=1S/C8H16O4S/c1-12-8-4-2-7(3-5-8)6-13(9,10)11/h7-8H,2-6H2,1H3,(H,9,10,11). The van der Waals surface area contributed by atoms with Crippen molar-refractivity contribution in [3.63, 3.8) is 0 Å². The highest BCUT2D eigenvalue weighted by molar-refractivity contribution is 7.85. The maximum atomic E-state index is 10.6. The van der Waals surface area contributed by atoms with Gasteiger partial charge in [-0.3, -0.25) is 4.55 Å². The van der Waals surface area contributed by atoms with Gasteiger partial charge in [-0.15, -0.1) is 0 Å². The fourth-order valence-electron chi connectivity index (χ4n) is 1.83. The van der Waals surface area contributed by atoms with Crippen LogP contribution in [0.1, 0.15) is 25.7 Å². The van der Waals surface area contributed by atoms with Crippen LogP contribution in [-0.4, -0.2) is 31.9 Å². The molecule has 5 heteroatoms. The third-order valence-corrected chi connectivity index (χ3v) is 3.47. The van der Waals surface area contributed by atoms with Gasteiger partial charge in [-0.05, 0) is 31.6 Å². The molecule has 0 amide bonds. The normalized spacial score (nSPS) is 30.3. The van der Waals surface area contributed by atoms with E-state index in [1.54, 1.807) is 7.11 Å². The summed E-state index contributed by atoms with van der Waals surface area (Å²) < 4.78 is 34.9. The predicted octanol–water partition coefficient (Wildman–Crippen LogP) is 1.08. The van der Waals surface area contributed by atoms with Crippen molar-refractivity contribution in [3.8, 4) is 0 Å². The SMILES string of the molecule is COC1CCC(CS(=O)(=O)O)CC1. The van der Waals surface area contributed by atoms with Gasteiger partial charge in [0.1, 0.15) is 0 Å². The van der Waals surface area contributed by atoms with Crippen LogP contribution in [0.25, 0.3) is 0 Å². The minimum absolute atomic E-state index is 0.0938. The number of rotatable bonds is 3. The van der Waals surface area contributed by atoms with Gasteiger partial charge in [-0.2, -0.15) is 8.42 Å². The molecule has 1 N–H and O–H groups in total. The average Bonchev–Trinajstić information content (AvgIpc) is 2.03. The van der Waals surface area contributed by atoms with E-state index >= 15 is 0 Å². The first-order chi connectivity index (χ1) is 6.01. The molecule has 0 bridgehead atoms. The molecule has 1 fully saturated rings. The molecule has 0 heterocycles. The minimum atomic E-state index is -3.79. The Bertz CT molecular complexity index is 239. The molecule has 0 saturated heterocycles. The van der Waals surface area contributed by atoms with Gasteiger partial charge in [0.25, 0.3) is 10.1 Å². The summed E-state index contributed by atoms with van der Waals surface area (Å²) in [6.45, 7) is 0. The second-order valence-corrected chi connectivity index (χ2v) is 5.12. The molecule has 0 radical (unpaired) electrons. The lowest BCUT2D eigenvalue weighted by Crippen LogP contribution is -2.25. The molecule has 1 saturated carbocycles. The van der Waals surface area contributed by atoms with E-state index in [1.807, 2.05) is 0 Å². The monoisotopic (exact) mass is 208 g/mol. The Hall–Kier alpha value is -0.130. The summed E-state index contributed by atoms with van der Waals surface area (Å²) in [4.78, 5) is 0. The Morgan fingerprint density at radius 3 is 2.23 bits per heavy atom. The van der Waals surface area contributed by atoms with Gasteiger partial charge < -0.3 is 4.74 Å². The lowest BCUT2D eigenvalue weighted by atomic mass is 9.89. The van der Waals surface area contributed by atoms with Gasteiger partial charge in [0.05, 0.1) is 11.9 Å². The molecule has 0 aromatic rings. The number of methoxy groups -OCH3 is 1. The first kappa shape index (κ1) is 10.9. The van der Waals surface area contributed by atoms with Gasteiger partial charge in [0, 0.05) is 7.11 Å². The zero-order valence-corrected chi connectivity index (χ0v) is 8.59. The molecule has 4 nitrogen and oxygen atoms in total. The van der Waals surface area contributed by atoms with Crippen LogP contribution in [0.2, 0.25) is 0 Å². The molecule has 1 aliphatic rings. The Kier molecular flexibility index (Phi) is 3.70. The van der Waals surface area contributed by atoms with Crippen molar-refractivity contribution < 1.29 is 17.7 Å². The Morgan fingerprint density at radius 1 is 1.31 bits per heavy atom. The van der Waals surface area contributed by atoms with E-state index in [-0.39, 0.29) is 17.8 Å². The van der Waals surface area contributed by atoms with Crippen LogP contribution in [0.4, 0.5) is 0 Å². The Morgan fingerprint density at radius 2 is 1.85 bits per heavy atom. The molecule has 0 aliphatic heterocycles. The van der Waals surface area contributed by atoms with Crippen LogP contribution in [0, 0.1) is 5.92 Å². The molecular weight excluding hydrogens is 192 g/mol. The Labute approximate surface area is 79.0 Å². The van der Waals surface area contributed by atoms with E-state index in [9.17, 15) is 8.42 Å². The molecule has 0 spiro atoms. The molecule has 78 valence electrons. The largest absolute Gasteiger partial charge is 0.381 e. The lowest BCUT2D eigenvalue weighted by Gasteiger charge is -2.26. The van der Waals surface area contributed by atoms with Gasteiger partial charge in [-0.1, -0.05) is 0 Å². The quantitative estimate of drug-likeness (QED) is 0.705. The second kappa shape index (κ2) is 4.39. The average molecular weight is 208 g/mol. The predicted molar refractivity (Wildman–Crippen MR) is 49.2 cm³/mol. The fourth-order valence-corrected chi connectivity index (χ4v) is 2.76. The van der Waals surface area contributed by atoms with Crippen LogP contribution in [0.3, 0.4) is 0 Å². The summed E-state index contributed by atoms with van der Waals surface area (Å²) in [6.07, 6.45) is 3.74. The van der Waals surface area contributed by atoms with Gasteiger partial charge >= 0.3 is 0 Å². The van der Waals surface area contributed by atoms with E-state index in [1.165, 1.54) is 0 Å². The van der Waals surface area contributed by atoms with Crippen molar-refractivity contribution in [2.45, 2.75) is 31.8 Å². The van der Waals surface area contributed by atoms with Crippen LogP contribution < -0.4 is 0 Å². The molecule has 0 aromatic heterocycles. The van der Waals surface area contributed by atoms with Gasteiger partial charge in [-0.25, -0.2) is 0 Å². The molecule has 1 rings (SSSR count). The maximum absolute atomic E-state index is 10.6. The topological polar surface area (TPSA) is 63.6 Å². The summed E-state index contributed by atoms with van der Waals surface area (Å²) in [5, 5.41) is 0. The van der Waals surface area contributed by atoms with Crippen LogP contribution in [-0.2, 0) is 14.9 Å². The van der Waals surface area contributed by atoms with E-state index < -0.39 is 10.1 Å². The molecule has 0 unspecified atom stereocenters. The van der Waals surface area contributed by atoms with E-state index in [2.05, 4.69) is 0 Å². The molecule has 1 aliphatic carbocycles. The summed E-state index contributed by atoms with van der Waals surface area (Å²) in [5.74, 6) is 0.0186. The van der Waals surface area contributed by atoms with Crippen LogP contribution >= 0.6 is 0 Å². The molecule has 0 atom stereocenters. The molecular formula is C8H16O4S. The number of ether oxygens (including phenoxy) is 1. The molecule has 13 heavy (non-hydrogen) atoms. The van der Waals surface area contributed by atoms with Crippen molar-refractivity contribution in [2.75, 3.05) is 12.9 Å². The van der Waals surface area contributed by atoms with Crippen molar-refractivity contribution >= 4 is 10.1 Å². The van der Waals surface area contributed by atoms with Gasteiger partial charge in [0.2, 0.25) is 0 Å². The van der Waals surface area contributed by atoms with E-state index in [4.69, 9.17) is 9.29 Å². The highest BCUT2D eigenvalue weighted by Gasteiger charge is 2.24. The zero-order chi connectivity index (χ0) is 9.90. The fraction of sp³-hybridized carbons (Fsp3) is 1.00.